The first-order valence-corrected chi connectivity index (χ1v) is 18.0. The van der Waals surface area contributed by atoms with Gasteiger partial charge >= 0.3 is 0 Å². The molecule has 0 aliphatic heterocycles. The highest BCUT2D eigenvalue weighted by molar-refractivity contribution is 6.13. The summed E-state index contributed by atoms with van der Waals surface area (Å²) in [6.07, 6.45) is 0. The molecule has 0 saturated carbocycles. The molecular weight excluding hydrogens is 647 g/mol. The molecule has 0 fully saturated rings. The summed E-state index contributed by atoms with van der Waals surface area (Å²) in [5.41, 5.74) is 14.0. The molecule has 11 rings (SSSR count). The molecule has 11 aromatic rings. The molecule has 0 amide bonds. The van der Waals surface area contributed by atoms with Gasteiger partial charge in [-0.2, -0.15) is 0 Å². The minimum Gasteiger partial charge on any atom is -0.455 e. The van der Waals surface area contributed by atoms with Crippen LogP contribution in [0, 0.1) is 0 Å². The molecule has 4 nitrogen and oxygen atoms in total. The van der Waals surface area contributed by atoms with Crippen molar-refractivity contribution in [2.24, 2.45) is 0 Å². The van der Waals surface area contributed by atoms with Crippen LogP contribution in [0.15, 0.2) is 192 Å². The number of benzene rings is 8. The van der Waals surface area contributed by atoms with Crippen LogP contribution < -0.4 is 0 Å². The standard InChI is InChI=1S/C49H31N3O/c1-3-12-32(13-4-1)34-24-28-43-46(31-34)52(36-14-5-2-6-15-36)49(50-43)33-22-26-37(27-23-33)51-44-20-9-7-16-39(44)42-30-35(25-29-45(42)51)38-18-11-19-41-40-17-8-10-21-47(40)53-48(38)41/h1-31H. The first kappa shape index (κ1) is 29.5. The van der Waals surface area contributed by atoms with Crippen molar-refractivity contribution >= 4 is 54.8 Å². The molecule has 0 aliphatic carbocycles. The molecule has 0 saturated heterocycles. The third kappa shape index (κ3) is 4.66. The second kappa shape index (κ2) is 11.7. The van der Waals surface area contributed by atoms with Gasteiger partial charge in [0, 0.05) is 44.0 Å². The Balaban J connectivity index is 1.04. The molecule has 3 aromatic heterocycles. The number of fused-ring (bicyclic) bond motifs is 7. The van der Waals surface area contributed by atoms with Crippen molar-refractivity contribution in [2.75, 3.05) is 0 Å². The maximum absolute atomic E-state index is 6.43. The highest BCUT2D eigenvalue weighted by Crippen LogP contribution is 2.40. The fourth-order valence-corrected chi connectivity index (χ4v) is 8.07. The third-order valence-corrected chi connectivity index (χ3v) is 10.5. The van der Waals surface area contributed by atoms with Crippen molar-refractivity contribution in [2.45, 2.75) is 0 Å². The number of aromatic nitrogens is 3. The van der Waals surface area contributed by atoms with E-state index >= 15 is 0 Å². The number of para-hydroxylation sites is 4. The van der Waals surface area contributed by atoms with E-state index in [1.807, 2.05) is 12.1 Å². The van der Waals surface area contributed by atoms with E-state index in [1.54, 1.807) is 0 Å². The summed E-state index contributed by atoms with van der Waals surface area (Å²) < 4.78 is 11.1. The van der Waals surface area contributed by atoms with Gasteiger partial charge in [0.25, 0.3) is 0 Å². The normalized spacial score (nSPS) is 11.8. The fourth-order valence-electron chi connectivity index (χ4n) is 8.07. The smallest absolute Gasteiger partial charge is 0.145 e. The summed E-state index contributed by atoms with van der Waals surface area (Å²) in [6, 6.07) is 66.6. The monoisotopic (exact) mass is 677 g/mol. The van der Waals surface area contributed by atoms with E-state index in [0.717, 1.165) is 72.4 Å². The van der Waals surface area contributed by atoms with Crippen molar-refractivity contribution in [3.05, 3.63) is 188 Å². The summed E-state index contributed by atoms with van der Waals surface area (Å²) in [6.45, 7) is 0. The summed E-state index contributed by atoms with van der Waals surface area (Å²) in [4.78, 5) is 5.21. The first-order chi connectivity index (χ1) is 26.3. The molecule has 8 aromatic carbocycles. The van der Waals surface area contributed by atoms with E-state index in [4.69, 9.17) is 9.40 Å². The van der Waals surface area contributed by atoms with Crippen LogP contribution in [0.25, 0.3) is 99.8 Å². The Morgan fingerprint density at radius 1 is 0.377 bits per heavy atom. The van der Waals surface area contributed by atoms with Gasteiger partial charge in [-0.1, -0.05) is 115 Å². The second-order valence-corrected chi connectivity index (χ2v) is 13.6. The second-order valence-electron chi connectivity index (χ2n) is 13.6. The van der Waals surface area contributed by atoms with Gasteiger partial charge in [0.2, 0.25) is 0 Å². The number of furan rings is 1. The molecule has 0 spiro atoms. The summed E-state index contributed by atoms with van der Waals surface area (Å²) >= 11 is 0. The molecule has 0 aliphatic rings. The van der Waals surface area contributed by atoms with Crippen LogP contribution in [0.5, 0.6) is 0 Å². The Morgan fingerprint density at radius 3 is 1.89 bits per heavy atom. The molecule has 248 valence electrons. The molecule has 53 heavy (non-hydrogen) atoms. The van der Waals surface area contributed by atoms with Gasteiger partial charge in [-0.3, -0.25) is 4.57 Å². The largest absolute Gasteiger partial charge is 0.455 e. The minimum absolute atomic E-state index is 0.910. The third-order valence-electron chi connectivity index (χ3n) is 10.5. The zero-order chi connectivity index (χ0) is 34.9. The van der Waals surface area contributed by atoms with Gasteiger partial charge < -0.3 is 8.98 Å². The van der Waals surface area contributed by atoms with E-state index in [0.29, 0.717) is 0 Å². The lowest BCUT2D eigenvalue weighted by atomic mass is 10.0. The Hall–Kier alpha value is -7.17. The Bertz CT molecular complexity index is 3150. The van der Waals surface area contributed by atoms with Gasteiger partial charge in [-0.05, 0) is 89.5 Å². The highest BCUT2D eigenvalue weighted by Gasteiger charge is 2.18. The number of hydrogen-bond donors (Lipinski definition) is 0. The lowest BCUT2D eigenvalue weighted by Crippen LogP contribution is -1.98. The topological polar surface area (TPSA) is 35.9 Å². The predicted molar refractivity (Wildman–Crippen MR) is 219 cm³/mol. The number of nitrogens with zero attached hydrogens (tertiary/aromatic N) is 3. The van der Waals surface area contributed by atoms with Crippen molar-refractivity contribution in [3.8, 4) is 45.0 Å². The van der Waals surface area contributed by atoms with Crippen molar-refractivity contribution in [1.29, 1.82) is 0 Å². The van der Waals surface area contributed by atoms with Gasteiger partial charge in [0.15, 0.2) is 0 Å². The van der Waals surface area contributed by atoms with Gasteiger partial charge in [0.1, 0.15) is 17.0 Å². The van der Waals surface area contributed by atoms with Crippen LogP contribution in [0.2, 0.25) is 0 Å². The summed E-state index contributed by atoms with van der Waals surface area (Å²) in [5.74, 6) is 0.912. The van der Waals surface area contributed by atoms with Crippen LogP contribution in [0.1, 0.15) is 0 Å². The lowest BCUT2D eigenvalue weighted by Gasteiger charge is -2.12. The van der Waals surface area contributed by atoms with E-state index < -0.39 is 0 Å². The molecule has 0 bridgehead atoms. The predicted octanol–water partition coefficient (Wildman–Crippen LogP) is 13.0. The van der Waals surface area contributed by atoms with Crippen LogP contribution in [-0.4, -0.2) is 14.1 Å². The van der Waals surface area contributed by atoms with Gasteiger partial charge in [0.05, 0.1) is 22.1 Å². The summed E-state index contributed by atoms with van der Waals surface area (Å²) in [7, 11) is 0. The van der Waals surface area contributed by atoms with Gasteiger partial charge in [-0.15, -0.1) is 0 Å². The zero-order valence-corrected chi connectivity index (χ0v) is 28.6. The van der Waals surface area contributed by atoms with Crippen LogP contribution in [0.3, 0.4) is 0 Å². The lowest BCUT2D eigenvalue weighted by molar-refractivity contribution is 0.670. The van der Waals surface area contributed by atoms with Crippen molar-refractivity contribution in [1.82, 2.24) is 14.1 Å². The molecule has 0 atom stereocenters. The fraction of sp³-hybridized carbons (Fsp3) is 0. The molecule has 4 heteroatoms. The van der Waals surface area contributed by atoms with E-state index in [9.17, 15) is 0 Å². The Labute approximate surface area is 305 Å². The molecule has 3 heterocycles. The quantitative estimate of drug-likeness (QED) is 0.182. The van der Waals surface area contributed by atoms with Crippen LogP contribution in [-0.2, 0) is 0 Å². The Kier molecular flexibility index (Phi) is 6.52. The number of rotatable bonds is 5. The Morgan fingerprint density at radius 2 is 1.04 bits per heavy atom. The minimum atomic E-state index is 0.910. The van der Waals surface area contributed by atoms with Gasteiger partial charge in [-0.25, -0.2) is 4.98 Å². The summed E-state index contributed by atoms with van der Waals surface area (Å²) in [5, 5.41) is 4.69. The number of hydrogen-bond acceptors (Lipinski definition) is 2. The first-order valence-electron chi connectivity index (χ1n) is 18.0. The molecule has 0 radical (unpaired) electrons. The van der Waals surface area contributed by atoms with E-state index in [1.165, 1.54) is 27.4 Å². The van der Waals surface area contributed by atoms with Crippen molar-refractivity contribution in [3.63, 3.8) is 0 Å². The van der Waals surface area contributed by atoms with Crippen molar-refractivity contribution < 1.29 is 4.42 Å². The number of imidazole rings is 1. The maximum Gasteiger partial charge on any atom is 0.145 e. The van der Waals surface area contributed by atoms with E-state index in [-0.39, 0.29) is 0 Å². The average Bonchev–Trinajstić information content (AvgIpc) is 3.91. The van der Waals surface area contributed by atoms with Crippen LogP contribution >= 0.6 is 0 Å². The highest BCUT2D eigenvalue weighted by atomic mass is 16.3. The zero-order valence-electron chi connectivity index (χ0n) is 28.6. The molecule has 0 unspecified atom stereocenters. The SMILES string of the molecule is c1ccc(-c2ccc3nc(-c4ccc(-n5c6ccccc6c6cc(-c7cccc8c7oc7ccccc78)ccc65)cc4)n(-c4ccccc4)c3c2)cc1. The van der Waals surface area contributed by atoms with Crippen LogP contribution in [0.4, 0.5) is 0 Å². The van der Waals surface area contributed by atoms with E-state index in [2.05, 4.69) is 185 Å². The average molecular weight is 678 g/mol. The maximum atomic E-state index is 6.43. The molecule has 0 N–H and O–H groups in total. The molecular formula is C49H31N3O.